The lowest BCUT2D eigenvalue weighted by molar-refractivity contribution is -0.118. The van der Waals surface area contributed by atoms with Crippen molar-refractivity contribution in [2.75, 3.05) is 43.4 Å². The molecule has 1 fully saturated rings. The summed E-state index contributed by atoms with van der Waals surface area (Å²) in [6.07, 6.45) is 5.18. The maximum Gasteiger partial charge on any atom is 0.226 e. The van der Waals surface area contributed by atoms with Gasteiger partial charge in [-0.2, -0.15) is 5.10 Å². The van der Waals surface area contributed by atoms with E-state index in [1.165, 1.54) is 0 Å². The van der Waals surface area contributed by atoms with Crippen LogP contribution in [-0.4, -0.2) is 79.2 Å². The van der Waals surface area contributed by atoms with E-state index in [2.05, 4.69) is 47.3 Å². The highest BCUT2D eigenvalue weighted by molar-refractivity contribution is 5.95. The molecule has 3 N–H and O–H groups in total. The van der Waals surface area contributed by atoms with Gasteiger partial charge in [0.2, 0.25) is 5.91 Å². The molecule has 37 heavy (non-hydrogen) atoms. The Balaban J connectivity index is 1.36. The Morgan fingerprint density at radius 1 is 1.03 bits per heavy atom. The number of piperazine rings is 1. The Morgan fingerprint density at radius 2 is 1.86 bits per heavy atom. The Kier molecular flexibility index (Phi) is 5.76. The fourth-order valence-corrected chi connectivity index (χ4v) is 4.44. The molecule has 0 radical (unpaired) electrons. The second-order valence-corrected chi connectivity index (χ2v) is 9.68. The van der Waals surface area contributed by atoms with Crippen molar-refractivity contribution in [2.24, 2.45) is 5.92 Å². The number of fused-ring (bicyclic) bond motifs is 2. The van der Waals surface area contributed by atoms with Crippen molar-refractivity contribution in [3.8, 4) is 22.8 Å². The van der Waals surface area contributed by atoms with Crippen LogP contribution in [0.4, 0.5) is 11.5 Å². The molecule has 0 aliphatic carbocycles. The van der Waals surface area contributed by atoms with Crippen LogP contribution in [-0.2, 0) is 4.79 Å². The summed E-state index contributed by atoms with van der Waals surface area (Å²) in [5.41, 5.74) is 6.01. The number of amides is 1. The Bertz CT molecular complexity index is 1600. The molecule has 11 heteroatoms. The highest BCUT2D eigenvalue weighted by Gasteiger charge is 2.21. The maximum atomic E-state index is 12.1. The van der Waals surface area contributed by atoms with Gasteiger partial charge in [-0.05, 0) is 31.3 Å². The van der Waals surface area contributed by atoms with Gasteiger partial charge < -0.3 is 20.1 Å². The fourth-order valence-electron chi connectivity index (χ4n) is 4.44. The van der Waals surface area contributed by atoms with Gasteiger partial charge in [0.15, 0.2) is 17.3 Å². The minimum Gasteiger partial charge on any atom is -0.352 e. The summed E-state index contributed by atoms with van der Waals surface area (Å²) in [6.45, 7) is 7.50. The lowest BCUT2D eigenvalue weighted by Gasteiger charge is -2.33. The summed E-state index contributed by atoms with van der Waals surface area (Å²) in [4.78, 5) is 38.9. The molecule has 1 saturated heterocycles. The van der Waals surface area contributed by atoms with E-state index in [-0.39, 0.29) is 11.8 Å². The summed E-state index contributed by atoms with van der Waals surface area (Å²) in [7, 11) is 2.13. The first-order chi connectivity index (χ1) is 18.0. The zero-order valence-electron chi connectivity index (χ0n) is 21.0. The number of H-pyrrole nitrogens is 2. The van der Waals surface area contributed by atoms with Gasteiger partial charge >= 0.3 is 0 Å². The molecule has 0 saturated carbocycles. The van der Waals surface area contributed by atoms with Gasteiger partial charge in [0.25, 0.3) is 0 Å². The minimum atomic E-state index is -0.123. The quantitative estimate of drug-likeness (QED) is 0.338. The van der Waals surface area contributed by atoms with Crippen molar-refractivity contribution in [2.45, 2.75) is 13.8 Å². The Hall–Kier alpha value is -4.38. The summed E-state index contributed by atoms with van der Waals surface area (Å²) >= 11 is 0. The summed E-state index contributed by atoms with van der Waals surface area (Å²) < 4.78 is 0. The average molecular weight is 497 g/mol. The van der Waals surface area contributed by atoms with Gasteiger partial charge in [-0.15, -0.1) is 0 Å². The molecule has 6 rings (SSSR count). The van der Waals surface area contributed by atoms with Gasteiger partial charge in [-0.25, -0.2) is 15.0 Å². The summed E-state index contributed by atoms with van der Waals surface area (Å²) in [6, 6.07) is 7.65. The Morgan fingerprint density at radius 3 is 2.68 bits per heavy atom. The molecule has 0 bridgehead atoms. The number of nitrogens with one attached hydrogen (secondary N) is 3. The third kappa shape index (κ3) is 4.38. The third-order valence-corrected chi connectivity index (χ3v) is 6.64. The highest BCUT2D eigenvalue weighted by Crippen LogP contribution is 2.30. The van der Waals surface area contributed by atoms with Crippen molar-refractivity contribution in [1.82, 2.24) is 40.0 Å². The molecule has 0 unspecified atom stereocenters. The number of imidazole rings is 1. The van der Waals surface area contributed by atoms with Crippen LogP contribution in [0.15, 0.2) is 42.9 Å². The van der Waals surface area contributed by atoms with Crippen LogP contribution in [0.25, 0.3) is 44.8 Å². The molecular weight excluding hydrogens is 468 g/mol. The van der Waals surface area contributed by atoms with E-state index < -0.39 is 0 Å². The van der Waals surface area contributed by atoms with Crippen LogP contribution in [0.3, 0.4) is 0 Å². The number of likely N-dealkylation sites (N-methyl/N-ethyl adjacent to an activating group) is 1. The molecule has 0 aromatic carbocycles. The zero-order chi connectivity index (χ0) is 25.5. The number of aromatic nitrogens is 7. The number of aromatic amines is 2. The van der Waals surface area contributed by atoms with Crippen LogP contribution >= 0.6 is 0 Å². The van der Waals surface area contributed by atoms with E-state index >= 15 is 0 Å². The number of pyridine rings is 3. The Labute approximate surface area is 213 Å². The first-order valence-electron chi connectivity index (χ1n) is 12.4. The molecule has 11 nitrogen and oxygen atoms in total. The van der Waals surface area contributed by atoms with E-state index in [0.717, 1.165) is 59.8 Å². The predicted octanol–water partition coefficient (Wildman–Crippen LogP) is 3.30. The average Bonchev–Trinajstić information content (AvgIpc) is 3.53. The van der Waals surface area contributed by atoms with Gasteiger partial charge in [0.05, 0.1) is 28.6 Å². The van der Waals surface area contributed by atoms with Crippen molar-refractivity contribution < 1.29 is 4.79 Å². The number of carbonyl (C=O) groups is 1. The van der Waals surface area contributed by atoms with Gasteiger partial charge in [-0.1, -0.05) is 13.8 Å². The predicted molar refractivity (Wildman–Crippen MR) is 143 cm³/mol. The smallest absolute Gasteiger partial charge is 0.226 e. The minimum absolute atomic E-state index is 0.0604. The molecule has 6 heterocycles. The molecule has 1 amide bonds. The van der Waals surface area contributed by atoms with Crippen molar-refractivity contribution in [1.29, 1.82) is 0 Å². The van der Waals surface area contributed by atoms with Gasteiger partial charge in [0.1, 0.15) is 11.0 Å². The van der Waals surface area contributed by atoms with E-state index in [9.17, 15) is 4.79 Å². The number of carbonyl (C=O) groups excluding carboxylic acids is 1. The van der Waals surface area contributed by atoms with Crippen molar-refractivity contribution in [3.63, 3.8) is 0 Å². The molecule has 5 aromatic rings. The fraction of sp³-hybridized carbons (Fsp3) is 0.308. The van der Waals surface area contributed by atoms with Crippen molar-refractivity contribution in [3.05, 3.63) is 42.9 Å². The van der Waals surface area contributed by atoms with Crippen LogP contribution < -0.4 is 10.2 Å². The van der Waals surface area contributed by atoms with Crippen LogP contribution in [0, 0.1) is 5.92 Å². The van der Waals surface area contributed by atoms with Crippen LogP contribution in [0.1, 0.15) is 13.8 Å². The standard InChI is InChI=1S/C26H28N10O/c1-15(2)26(37)29-17-12-16(13-27-14-17)18-4-5-20-21(30-18)23(34-33-20)24-31-19-6-7-28-25(22(19)32-24)36-10-8-35(3)9-11-36/h4-7,12-15H,8-11H2,1-3H3,(H,29,37)(H,31,32)(H,33,34). The van der Waals surface area contributed by atoms with Crippen molar-refractivity contribution >= 4 is 39.5 Å². The summed E-state index contributed by atoms with van der Waals surface area (Å²) in [5.74, 6) is 1.33. The zero-order valence-corrected chi connectivity index (χ0v) is 21.0. The topological polar surface area (TPSA) is 132 Å². The molecule has 1 aliphatic rings. The molecular formula is C26H28N10O. The van der Waals surface area contributed by atoms with Gasteiger partial charge in [0, 0.05) is 50.1 Å². The lowest BCUT2D eigenvalue weighted by atomic mass is 10.1. The number of hydrogen-bond donors (Lipinski definition) is 3. The normalized spacial score (nSPS) is 14.6. The molecule has 0 spiro atoms. The second kappa shape index (κ2) is 9.25. The van der Waals surface area contributed by atoms with E-state index in [1.807, 2.05) is 44.3 Å². The van der Waals surface area contributed by atoms with E-state index in [1.54, 1.807) is 12.4 Å². The second-order valence-electron chi connectivity index (χ2n) is 9.68. The van der Waals surface area contributed by atoms with Crippen LogP contribution in [0.2, 0.25) is 0 Å². The van der Waals surface area contributed by atoms with E-state index in [0.29, 0.717) is 22.7 Å². The molecule has 5 aromatic heterocycles. The molecule has 1 aliphatic heterocycles. The highest BCUT2D eigenvalue weighted by atomic mass is 16.1. The first kappa shape index (κ1) is 23.0. The molecule has 188 valence electrons. The number of rotatable bonds is 5. The maximum absolute atomic E-state index is 12.1. The van der Waals surface area contributed by atoms with Gasteiger partial charge in [-0.3, -0.25) is 14.9 Å². The number of hydrogen-bond acceptors (Lipinski definition) is 8. The summed E-state index contributed by atoms with van der Waals surface area (Å²) in [5, 5.41) is 10.5. The number of nitrogens with zero attached hydrogens (tertiary/aromatic N) is 7. The largest absolute Gasteiger partial charge is 0.352 e. The van der Waals surface area contributed by atoms with Crippen LogP contribution in [0.5, 0.6) is 0 Å². The van der Waals surface area contributed by atoms with E-state index in [4.69, 9.17) is 9.97 Å². The first-order valence-corrected chi connectivity index (χ1v) is 12.4. The SMILES string of the molecule is CC(C)C(=O)Nc1cncc(-c2ccc3[nH]nc(-c4nc5c(N6CCN(C)CC6)nccc5[nH]4)c3n2)c1. The monoisotopic (exact) mass is 496 g/mol. The molecule has 0 atom stereocenters. The lowest BCUT2D eigenvalue weighted by Crippen LogP contribution is -2.44. The third-order valence-electron chi connectivity index (χ3n) is 6.64. The number of anilines is 2.